The van der Waals surface area contributed by atoms with Gasteiger partial charge in [-0.15, -0.1) is 0 Å². The second kappa shape index (κ2) is 5.49. The van der Waals surface area contributed by atoms with E-state index in [9.17, 15) is 9.90 Å². The molecule has 2 aliphatic rings. The van der Waals surface area contributed by atoms with Crippen LogP contribution in [0, 0.1) is 0 Å². The van der Waals surface area contributed by atoms with Gasteiger partial charge in [-0.05, 0) is 58.1 Å². The highest BCUT2D eigenvalue weighted by molar-refractivity contribution is 5.69. The number of hydrogen-bond acceptors (Lipinski definition) is 3. The van der Waals surface area contributed by atoms with E-state index in [1.54, 1.807) is 6.07 Å². The average molecular weight is 303 g/mol. The molecule has 22 heavy (non-hydrogen) atoms. The predicted molar refractivity (Wildman–Crippen MR) is 85.1 cm³/mol. The molecule has 4 nitrogen and oxygen atoms in total. The van der Waals surface area contributed by atoms with Gasteiger partial charge >= 0.3 is 6.09 Å². The number of nitrogens with zero attached hydrogens (tertiary/aromatic N) is 1. The molecule has 1 aliphatic carbocycles. The van der Waals surface area contributed by atoms with Crippen molar-refractivity contribution in [2.75, 3.05) is 6.54 Å². The number of phenols is 1. The SMILES string of the molecule is CC(C)(C)OC(=O)N1CCC[C@H]2c3c(O)cccc3CC[C@H]21. The van der Waals surface area contributed by atoms with Gasteiger partial charge in [0.05, 0.1) is 0 Å². The Kier molecular flexibility index (Phi) is 3.79. The highest BCUT2D eigenvalue weighted by Crippen LogP contribution is 2.44. The first kappa shape index (κ1) is 15.2. The molecule has 4 heteroatoms. The minimum absolute atomic E-state index is 0.143. The zero-order valence-corrected chi connectivity index (χ0v) is 13.6. The van der Waals surface area contributed by atoms with Crippen LogP contribution in [-0.4, -0.2) is 34.3 Å². The third-order valence-corrected chi connectivity index (χ3v) is 4.66. The number of amides is 1. The highest BCUT2D eigenvalue weighted by Gasteiger charge is 2.40. The van der Waals surface area contributed by atoms with Crippen LogP contribution in [0.5, 0.6) is 5.75 Å². The summed E-state index contributed by atoms with van der Waals surface area (Å²) in [5, 5.41) is 10.3. The lowest BCUT2D eigenvalue weighted by Gasteiger charge is -2.45. The van der Waals surface area contributed by atoms with Gasteiger partial charge in [0.15, 0.2) is 0 Å². The summed E-state index contributed by atoms with van der Waals surface area (Å²) < 4.78 is 5.57. The van der Waals surface area contributed by atoms with Crippen LogP contribution in [0.3, 0.4) is 0 Å². The fraction of sp³-hybridized carbons (Fsp3) is 0.611. The summed E-state index contributed by atoms with van der Waals surface area (Å²) in [6, 6.07) is 5.90. The van der Waals surface area contributed by atoms with E-state index in [1.165, 1.54) is 5.56 Å². The van der Waals surface area contributed by atoms with E-state index >= 15 is 0 Å². The van der Waals surface area contributed by atoms with E-state index in [-0.39, 0.29) is 18.1 Å². The molecule has 1 amide bonds. The van der Waals surface area contributed by atoms with Crippen LogP contribution in [-0.2, 0) is 11.2 Å². The first-order valence-corrected chi connectivity index (χ1v) is 8.17. The number of likely N-dealkylation sites (tertiary alicyclic amines) is 1. The third kappa shape index (κ3) is 2.79. The van der Waals surface area contributed by atoms with Crippen molar-refractivity contribution < 1.29 is 14.6 Å². The summed E-state index contributed by atoms with van der Waals surface area (Å²) in [4.78, 5) is 14.4. The number of aryl methyl sites for hydroxylation is 1. The monoisotopic (exact) mass is 303 g/mol. The topological polar surface area (TPSA) is 49.8 Å². The first-order chi connectivity index (χ1) is 10.4. The minimum Gasteiger partial charge on any atom is -0.508 e. The smallest absolute Gasteiger partial charge is 0.410 e. The Balaban J connectivity index is 1.87. The molecule has 0 saturated carbocycles. The molecule has 0 unspecified atom stereocenters. The molecule has 1 saturated heterocycles. The van der Waals surface area contributed by atoms with E-state index in [0.29, 0.717) is 5.75 Å². The number of benzene rings is 1. The van der Waals surface area contributed by atoms with E-state index in [4.69, 9.17) is 4.74 Å². The number of phenolic OH excluding ortho intramolecular Hbond substituents is 1. The molecular weight excluding hydrogens is 278 g/mol. The van der Waals surface area contributed by atoms with Crippen LogP contribution in [0.1, 0.15) is 57.1 Å². The van der Waals surface area contributed by atoms with Gasteiger partial charge < -0.3 is 14.7 Å². The number of carbonyl (C=O) groups excluding carboxylic acids is 1. The Bertz CT molecular complexity index is 576. The summed E-state index contributed by atoms with van der Waals surface area (Å²) in [6.07, 6.45) is 3.61. The molecule has 0 spiro atoms. The largest absolute Gasteiger partial charge is 0.508 e. The van der Waals surface area contributed by atoms with Gasteiger partial charge in [-0.3, -0.25) is 0 Å². The number of carbonyl (C=O) groups is 1. The van der Waals surface area contributed by atoms with Crippen LogP contribution >= 0.6 is 0 Å². The summed E-state index contributed by atoms with van der Waals surface area (Å²) >= 11 is 0. The standard InChI is InChI=1S/C18H25NO3/c1-18(2,3)22-17(21)19-11-5-7-13-14(19)10-9-12-6-4-8-15(20)16(12)13/h4,6,8,13-14,20H,5,7,9-11H2,1-3H3/t13-,14-/m1/s1. The van der Waals surface area contributed by atoms with Gasteiger partial charge in [-0.2, -0.15) is 0 Å². The molecule has 1 heterocycles. The van der Waals surface area contributed by atoms with Crippen molar-refractivity contribution in [3.05, 3.63) is 29.3 Å². The quantitative estimate of drug-likeness (QED) is 0.792. The Morgan fingerprint density at radius 1 is 1.32 bits per heavy atom. The third-order valence-electron chi connectivity index (χ3n) is 4.66. The number of ether oxygens (including phenoxy) is 1. The van der Waals surface area contributed by atoms with Crippen molar-refractivity contribution in [2.24, 2.45) is 0 Å². The Labute approximate surface area is 132 Å². The molecule has 1 aromatic carbocycles. The Morgan fingerprint density at radius 2 is 2.09 bits per heavy atom. The van der Waals surface area contributed by atoms with Gasteiger partial charge in [-0.25, -0.2) is 4.79 Å². The summed E-state index contributed by atoms with van der Waals surface area (Å²) in [5.74, 6) is 0.601. The van der Waals surface area contributed by atoms with Gasteiger partial charge in [0, 0.05) is 24.1 Å². The van der Waals surface area contributed by atoms with Crippen molar-refractivity contribution >= 4 is 6.09 Å². The fourth-order valence-corrected chi connectivity index (χ4v) is 3.85. The van der Waals surface area contributed by atoms with Crippen LogP contribution in [0.2, 0.25) is 0 Å². The molecule has 0 aromatic heterocycles. The number of hydrogen-bond donors (Lipinski definition) is 1. The Hall–Kier alpha value is -1.71. The molecule has 1 aromatic rings. The summed E-state index contributed by atoms with van der Waals surface area (Å²) in [7, 11) is 0. The van der Waals surface area contributed by atoms with E-state index < -0.39 is 5.60 Å². The maximum absolute atomic E-state index is 12.5. The fourth-order valence-electron chi connectivity index (χ4n) is 3.85. The van der Waals surface area contributed by atoms with Crippen molar-refractivity contribution in [3.8, 4) is 5.75 Å². The second-order valence-corrected chi connectivity index (χ2v) is 7.38. The van der Waals surface area contributed by atoms with Crippen LogP contribution < -0.4 is 0 Å². The predicted octanol–water partition coefficient (Wildman–Crippen LogP) is 3.82. The molecule has 0 bridgehead atoms. The van der Waals surface area contributed by atoms with Crippen LogP contribution in [0.15, 0.2) is 18.2 Å². The summed E-state index contributed by atoms with van der Waals surface area (Å²) in [5.41, 5.74) is 1.80. The lowest BCUT2D eigenvalue weighted by molar-refractivity contribution is 0.00404. The van der Waals surface area contributed by atoms with E-state index in [2.05, 4.69) is 6.07 Å². The number of piperidine rings is 1. The average Bonchev–Trinajstić information content (AvgIpc) is 2.44. The molecule has 120 valence electrons. The lowest BCUT2D eigenvalue weighted by atomic mass is 9.74. The highest BCUT2D eigenvalue weighted by atomic mass is 16.6. The molecule has 3 rings (SSSR count). The normalized spacial score (nSPS) is 24.4. The zero-order chi connectivity index (χ0) is 15.9. The van der Waals surface area contributed by atoms with Gasteiger partial charge in [0.2, 0.25) is 0 Å². The van der Waals surface area contributed by atoms with E-state index in [0.717, 1.165) is 37.8 Å². The van der Waals surface area contributed by atoms with Crippen LogP contribution in [0.4, 0.5) is 4.79 Å². The molecule has 1 aliphatic heterocycles. The molecule has 0 radical (unpaired) electrons. The molecule has 2 atom stereocenters. The van der Waals surface area contributed by atoms with E-state index in [1.807, 2.05) is 31.7 Å². The van der Waals surface area contributed by atoms with Crippen molar-refractivity contribution in [3.63, 3.8) is 0 Å². The number of rotatable bonds is 0. The summed E-state index contributed by atoms with van der Waals surface area (Å²) in [6.45, 7) is 6.44. The molecular formula is C18H25NO3. The van der Waals surface area contributed by atoms with Crippen molar-refractivity contribution in [1.82, 2.24) is 4.90 Å². The maximum Gasteiger partial charge on any atom is 0.410 e. The number of aromatic hydroxyl groups is 1. The van der Waals surface area contributed by atoms with Crippen molar-refractivity contribution in [1.29, 1.82) is 0 Å². The molecule has 1 N–H and O–H groups in total. The van der Waals surface area contributed by atoms with Crippen LogP contribution in [0.25, 0.3) is 0 Å². The first-order valence-electron chi connectivity index (χ1n) is 8.17. The van der Waals surface area contributed by atoms with Gasteiger partial charge in [0.1, 0.15) is 11.4 Å². The van der Waals surface area contributed by atoms with Crippen molar-refractivity contribution in [2.45, 2.75) is 64.0 Å². The van der Waals surface area contributed by atoms with Gasteiger partial charge in [-0.1, -0.05) is 12.1 Å². The Morgan fingerprint density at radius 3 is 2.82 bits per heavy atom. The zero-order valence-electron chi connectivity index (χ0n) is 13.6. The number of fused-ring (bicyclic) bond motifs is 3. The minimum atomic E-state index is -0.473. The second-order valence-electron chi connectivity index (χ2n) is 7.38. The maximum atomic E-state index is 12.5. The lowest BCUT2D eigenvalue weighted by Crippen LogP contribution is -2.50. The van der Waals surface area contributed by atoms with Gasteiger partial charge in [0.25, 0.3) is 0 Å². The molecule has 1 fully saturated rings.